The van der Waals surface area contributed by atoms with Crippen LogP contribution in [0.4, 0.5) is 34.1 Å². The van der Waals surface area contributed by atoms with Crippen molar-refractivity contribution in [2.45, 2.75) is 62.8 Å². The minimum Gasteiger partial charge on any atom is -0.306 e. The van der Waals surface area contributed by atoms with E-state index in [1.54, 1.807) is 0 Å². The van der Waals surface area contributed by atoms with Crippen LogP contribution in [0.1, 0.15) is 60.6 Å². The van der Waals surface area contributed by atoms with Crippen LogP contribution in [-0.4, -0.2) is 0 Å². The van der Waals surface area contributed by atoms with Gasteiger partial charge in [0.2, 0.25) is 0 Å². The van der Waals surface area contributed by atoms with E-state index >= 15 is 0 Å². The molecule has 0 aromatic heterocycles. The zero-order chi connectivity index (χ0) is 23.8. The molecule has 4 aromatic carbocycles. The molecule has 0 aliphatic carbocycles. The molecule has 0 fully saturated rings. The number of aryl methyl sites for hydroxylation is 2. The first-order chi connectivity index (χ1) is 16.3. The summed E-state index contributed by atoms with van der Waals surface area (Å²) in [5.74, 6) is 0. The third-order valence-electron chi connectivity index (χ3n) is 5.62. The summed E-state index contributed by atoms with van der Waals surface area (Å²) in [5, 5.41) is 0. The molecule has 0 N–H and O–H groups in total. The van der Waals surface area contributed by atoms with Crippen molar-refractivity contribution in [1.82, 2.24) is 0 Å². The Kier molecular flexibility index (Phi) is 11.8. The number of anilines is 6. The van der Waals surface area contributed by atoms with Gasteiger partial charge in [-0.25, -0.2) is 0 Å². The van der Waals surface area contributed by atoms with E-state index in [9.17, 15) is 0 Å². The standard InChI is InChI=1S/C27H24N2.2C2H6.2CH4/c1-3-21-14-18-23(19-15-21)29-26-10-6-4-8-24(26)28(22-16-12-20(2)13-17-22)25-9-5-7-11-27(25)29;2*1-2;;/h4-19H,3H2,1-2H3;2*1-2H3;2*1H4. The van der Waals surface area contributed by atoms with Crippen molar-refractivity contribution >= 4 is 34.1 Å². The van der Waals surface area contributed by atoms with Gasteiger partial charge in [0.1, 0.15) is 0 Å². The number of rotatable bonds is 3. The highest BCUT2D eigenvalue weighted by Crippen LogP contribution is 2.53. The van der Waals surface area contributed by atoms with Gasteiger partial charge in [-0.1, -0.05) is 104 Å². The summed E-state index contributed by atoms with van der Waals surface area (Å²) in [7, 11) is 0. The maximum absolute atomic E-state index is 2.37. The van der Waals surface area contributed by atoms with Crippen LogP contribution in [-0.2, 0) is 6.42 Å². The molecule has 4 aromatic rings. The van der Waals surface area contributed by atoms with Gasteiger partial charge in [-0.15, -0.1) is 0 Å². The molecule has 2 heteroatoms. The number of nitrogens with zero attached hydrogens (tertiary/aromatic N) is 2. The van der Waals surface area contributed by atoms with Crippen LogP contribution in [0.5, 0.6) is 0 Å². The molecule has 0 saturated heterocycles. The Hall–Kier alpha value is -3.52. The van der Waals surface area contributed by atoms with Gasteiger partial charge in [0, 0.05) is 11.4 Å². The second-order valence-electron chi connectivity index (χ2n) is 7.50. The van der Waals surface area contributed by atoms with Crippen molar-refractivity contribution in [1.29, 1.82) is 0 Å². The van der Waals surface area contributed by atoms with E-state index in [0.29, 0.717) is 0 Å². The monoisotopic (exact) mass is 468 g/mol. The topological polar surface area (TPSA) is 6.48 Å². The summed E-state index contributed by atoms with van der Waals surface area (Å²) >= 11 is 0. The Morgan fingerprint density at radius 1 is 0.486 bits per heavy atom. The molecule has 1 aliphatic rings. The number of benzene rings is 4. The first-order valence-corrected chi connectivity index (χ1v) is 12.2. The van der Waals surface area contributed by atoms with Gasteiger partial charge in [0.15, 0.2) is 0 Å². The zero-order valence-electron chi connectivity index (χ0n) is 20.8. The van der Waals surface area contributed by atoms with E-state index in [2.05, 4.69) is 121 Å². The van der Waals surface area contributed by atoms with E-state index in [0.717, 1.165) is 6.42 Å². The average Bonchev–Trinajstić information content (AvgIpc) is 2.90. The largest absolute Gasteiger partial charge is 0.306 e. The first kappa shape index (κ1) is 29.5. The van der Waals surface area contributed by atoms with Crippen molar-refractivity contribution in [3.05, 3.63) is 108 Å². The lowest BCUT2D eigenvalue weighted by Crippen LogP contribution is -2.23. The van der Waals surface area contributed by atoms with Crippen LogP contribution in [0.25, 0.3) is 0 Å². The SMILES string of the molecule is C.C.CC.CC.CCc1ccc(N2c3ccccc3N(c3ccc(C)cc3)c3ccccc32)cc1. The molecular formula is C33H44N2. The normalized spacial score (nSPS) is 10.7. The predicted octanol–water partition coefficient (Wildman–Crippen LogP) is 11.1. The van der Waals surface area contributed by atoms with Gasteiger partial charge in [0.25, 0.3) is 0 Å². The number of para-hydroxylation sites is 4. The highest BCUT2D eigenvalue weighted by molar-refractivity contribution is 6.01. The quantitative estimate of drug-likeness (QED) is 0.260. The molecular weight excluding hydrogens is 424 g/mol. The fourth-order valence-corrected chi connectivity index (χ4v) is 4.08. The average molecular weight is 469 g/mol. The van der Waals surface area contributed by atoms with Crippen molar-refractivity contribution in [2.75, 3.05) is 9.80 Å². The van der Waals surface area contributed by atoms with Crippen molar-refractivity contribution < 1.29 is 0 Å². The fourth-order valence-electron chi connectivity index (χ4n) is 4.08. The van der Waals surface area contributed by atoms with Crippen LogP contribution in [0.15, 0.2) is 97.1 Å². The van der Waals surface area contributed by atoms with Crippen molar-refractivity contribution in [3.63, 3.8) is 0 Å². The molecule has 0 atom stereocenters. The molecule has 0 spiro atoms. The molecule has 186 valence electrons. The molecule has 5 rings (SSSR count). The van der Waals surface area contributed by atoms with Crippen LogP contribution >= 0.6 is 0 Å². The third-order valence-corrected chi connectivity index (χ3v) is 5.62. The van der Waals surface area contributed by atoms with Crippen LogP contribution < -0.4 is 9.80 Å². The van der Waals surface area contributed by atoms with E-state index in [-0.39, 0.29) is 14.9 Å². The maximum atomic E-state index is 2.37. The second-order valence-corrected chi connectivity index (χ2v) is 7.50. The van der Waals surface area contributed by atoms with Crippen LogP contribution in [0.3, 0.4) is 0 Å². The highest BCUT2D eigenvalue weighted by atomic mass is 15.3. The Labute approximate surface area is 214 Å². The molecule has 0 bridgehead atoms. The lowest BCUT2D eigenvalue weighted by atomic mass is 10.0. The van der Waals surface area contributed by atoms with Crippen LogP contribution in [0.2, 0.25) is 0 Å². The van der Waals surface area contributed by atoms with Gasteiger partial charge < -0.3 is 9.80 Å². The molecule has 0 unspecified atom stereocenters. The fraction of sp³-hybridized carbons (Fsp3) is 0.273. The molecule has 0 radical (unpaired) electrons. The minimum absolute atomic E-state index is 0. The van der Waals surface area contributed by atoms with E-state index in [1.807, 2.05) is 27.7 Å². The minimum atomic E-state index is 0. The summed E-state index contributed by atoms with van der Waals surface area (Å²) in [5.41, 5.74) is 9.75. The maximum Gasteiger partial charge on any atom is 0.0703 e. The van der Waals surface area contributed by atoms with Crippen molar-refractivity contribution in [2.24, 2.45) is 0 Å². The highest BCUT2D eigenvalue weighted by Gasteiger charge is 2.29. The van der Waals surface area contributed by atoms with Crippen molar-refractivity contribution in [3.8, 4) is 0 Å². The van der Waals surface area contributed by atoms with Gasteiger partial charge in [0.05, 0.1) is 22.7 Å². The van der Waals surface area contributed by atoms with Gasteiger partial charge in [-0.3, -0.25) is 0 Å². The van der Waals surface area contributed by atoms with Gasteiger partial charge in [-0.05, 0) is 67.4 Å². The third kappa shape index (κ3) is 5.95. The lowest BCUT2D eigenvalue weighted by molar-refractivity contribution is 1.13. The Morgan fingerprint density at radius 2 is 0.800 bits per heavy atom. The summed E-state index contributed by atoms with van der Waals surface area (Å²) in [6, 6.07) is 35.0. The number of hydrogen-bond donors (Lipinski definition) is 0. The van der Waals surface area contributed by atoms with E-state index in [1.165, 1.54) is 45.3 Å². The van der Waals surface area contributed by atoms with Gasteiger partial charge >= 0.3 is 0 Å². The lowest BCUT2D eigenvalue weighted by Gasteiger charge is -2.40. The Bertz CT molecular complexity index is 1100. The Balaban J connectivity index is 0.000000973. The second kappa shape index (κ2) is 14.0. The summed E-state index contributed by atoms with van der Waals surface area (Å²) in [6.45, 7) is 12.3. The van der Waals surface area contributed by atoms with E-state index < -0.39 is 0 Å². The zero-order valence-corrected chi connectivity index (χ0v) is 20.8. The molecule has 0 amide bonds. The predicted molar refractivity (Wildman–Crippen MR) is 160 cm³/mol. The van der Waals surface area contributed by atoms with E-state index in [4.69, 9.17) is 0 Å². The summed E-state index contributed by atoms with van der Waals surface area (Å²) < 4.78 is 0. The Morgan fingerprint density at radius 3 is 1.11 bits per heavy atom. The van der Waals surface area contributed by atoms with Gasteiger partial charge in [-0.2, -0.15) is 0 Å². The molecule has 2 nitrogen and oxygen atoms in total. The molecule has 35 heavy (non-hydrogen) atoms. The molecule has 0 saturated carbocycles. The summed E-state index contributed by atoms with van der Waals surface area (Å²) in [6.07, 6.45) is 1.05. The smallest absolute Gasteiger partial charge is 0.0703 e. The first-order valence-electron chi connectivity index (χ1n) is 12.2. The molecule has 1 heterocycles. The number of fused-ring (bicyclic) bond motifs is 2. The summed E-state index contributed by atoms with van der Waals surface area (Å²) in [4.78, 5) is 4.73. The number of hydrogen-bond acceptors (Lipinski definition) is 2. The molecule has 1 aliphatic heterocycles. The van der Waals surface area contributed by atoms with Crippen LogP contribution in [0, 0.1) is 6.92 Å².